The Morgan fingerprint density at radius 3 is 2.61 bits per heavy atom. The van der Waals surface area contributed by atoms with Gasteiger partial charge < -0.3 is 14.2 Å². The highest BCUT2D eigenvalue weighted by molar-refractivity contribution is 7.99. The zero-order valence-corrected chi connectivity index (χ0v) is 20.2. The fourth-order valence-electron chi connectivity index (χ4n) is 4.01. The number of para-hydroxylation sites is 3. The lowest BCUT2D eigenvalue weighted by atomic mass is 10.2. The standard InChI is InChI=1S/C27H21N5O3S/c1-2-32-25(23-15-17-8-3-5-12-21(17)34-23)30-31-27(32)36-16-24(33)28-19-10-7-9-18(14-19)26-29-20-11-4-6-13-22(20)35-26/h3-15H,2,16H2,1H3,(H,28,33). The molecular formula is C27H21N5O3S. The summed E-state index contributed by atoms with van der Waals surface area (Å²) in [5.74, 6) is 1.84. The second-order valence-corrected chi connectivity index (χ2v) is 9.05. The maximum absolute atomic E-state index is 12.7. The number of hydrogen-bond acceptors (Lipinski definition) is 7. The number of benzene rings is 3. The molecule has 0 radical (unpaired) electrons. The molecule has 3 heterocycles. The van der Waals surface area contributed by atoms with Crippen LogP contribution >= 0.6 is 11.8 Å². The minimum atomic E-state index is -0.148. The Labute approximate surface area is 210 Å². The number of oxazole rings is 1. The summed E-state index contributed by atoms with van der Waals surface area (Å²) in [7, 11) is 0. The third-order valence-corrected chi connectivity index (χ3v) is 6.67. The van der Waals surface area contributed by atoms with E-state index in [0.717, 1.165) is 27.6 Å². The maximum Gasteiger partial charge on any atom is 0.234 e. The van der Waals surface area contributed by atoms with E-state index in [2.05, 4.69) is 20.5 Å². The Hall–Kier alpha value is -4.37. The van der Waals surface area contributed by atoms with E-state index in [-0.39, 0.29) is 11.7 Å². The molecule has 0 aliphatic carbocycles. The summed E-state index contributed by atoms with van der Waals surface area (Å²) in [5.41, 5.74) is 3.77. The summed E-state index contributed by atoms with van der Waals surface area (Å²) in [6.07, 6.45) is 0. The third-order valence-electron chi connectivity index (χ3n) is 5.70. The molecule has 6 aromatic rings. The van der Waals surface area contributed by atoms with Gasteiger partial charge in [-0.15, -0.1) is 10.2 Å². The van der Waals surface area contributed by atoms with Crippen LogP contribution in [0.4, 0.5) is 5.69 Å². The van der Waals surface area contributed by atoms with Gasteiger partial charge in [-0.1, -0.05) is 48.2 Å². The zero-order chi connectivity index (χ0) is 24.5. The second-order valence-electron chi connectivity index (χ2n) is 8.10. The van der Waals surface area contributed by atoms with Crippen LogP contribution in [0.15, 0.2) is 92.9 Å². The van der Waals surface area contributed by atoms with E-state index in [4.69, 9.17) is 8.83 Å². The van der Waals surface area contributed by atoms with Crippen LogP contribution in [-0.2, 0) is 11.3 Å². The number of carbonyl (C=O) groups is 1. The van der Waals surface area contributed by atoms with Gasteiger partial charge in [-0.05, 0) is 49.4 Å². The first-order valence-corrected chi connectivity index (χ1v) is 12.5. The van der Waals surface area contributed by atoms with Gasteiger partial charge in [-0.3, -0.25) is 9.36 Å². The first kappa shape index (κ1) is 22.1. The largest absolute Gasteiger partial charge is 0.453 e. The molecule has 0 unspecified atom stereocenters. The highest BCUT2D eigenvalue weighted by Gasteiger charge is 2.18. The van der Waals surface area contributed by atoms with E-state index in [1.807, 2.05) is 90.4 Å². The molecule has 0 atom stereocenters. The fraction of sp³-hybridized carbons (Fsp3) is 0.111. The molecule has 1 amide bonds. The quantitative estimate of drug-likeness (QED) is 0.261. The van der Waals surface area contributed by atoms with Gasteiger partial charge in [0.15, 0.2) is 16.5 Å². The number of carbonyl (C=O) groups excluding carboxylic acids is 1. The average molecular weight is 496 g/mol. The summed E-state index contributed by atoms with van der Waals surface area (Å²) in [6, 6.07) is 24.8. The van der Waals surface area contributed by atoms with Gasteiger partial charge in [-0.25, -0.2) is 4.98 Å². The predicted molar refractivity (Wildman–Crippen MR) is 140 cm³/mol. The Morgan fingerprint density at radius 1 is 0.944 bits per heavy atom. The lowest BCUT2D eigenvalue weighted by Crippen LogP contribution is -2.14. The van der Waals surface area contributed by atoms with Crippen molar-refractivity contribution in [3.05, 3.63) is 78.9 Å². The molecule has 6 rings (SSSR count). The lowest BCUT2D eigenvalue weighted by Gasteiger charge is -2.07. The van der Waals surface area contributed by atoms with Crippen molar-refractivity contribution in [1.29, 1.82) is 0 Å². The van der Waals surface area contributed by atoms with Crippen LogP contribution in [-0.4, -0.2) is 31.4 Å². The number of anilines is 1. The van der Waals surface area contributed by atoms with Gasteiger partial charge in [0, 0.05) is 23.2 Å². The van der Waals surface area contributed by atoms with Crippen LogP contribution in [0.2, 0.25) is 0 Å². The highest BCUT2D eigenvalue weighted by Crippen LogP contribution is 2.30. The molecule has 0 fully saturated rings. The Kier molecular flexibility index (Phi) is 5.74. The van der Waals surface area contributed by atoms with E-state index < -0.39 is 0 Å². The summed E-state index contributed by atoms with van der Waals surface area (Å²) in [6.45, 7) is 2.66. The number of thioether (sulfide) groups is 1. The van der Waals surface area contributed by atoms with Crippen LogP contribution in [0.1, 0.15) is 6.92 Å². The van der Waals surface area contributed by atoms with Crippen molar-refractivity contribution in [2.24, 2.45) is 0 Å². The Bertz CT molecular complexity index is 1630. The number of aromatic nitrogens is 4. The van der Waals surface area contributed by atoms with Crippen molar-refractivity contribution in [3.8, 4) is 23.0 Å². The van der Waals surface area contributed by atoms with E-state index >= 15 is 0 Å². The average Bonchev–Trinajstić information content (AvgIpc) is 3.63. The van der Waals surface area contributed by atoms with E-state index in [1.54, 1.807) is 0 Å². The molecule has 8 nitrogen and oxygen atoms in total. The molecule has 0 spiro atoms. The molecule has 9 heteroatoms. The summed E-state index contributed by atoms with van der Waals surface area (Å²) < 4.78 is 13.8. The number of fused-ring (bicyclic) bond motifs is 2. The molecular weight excluding hydrogens is 474 g/mol. The second kappa shape index (κ2) is 9.35. The fourth-order valence-corrected chi connectivity index (χ4v) is 4.81. The van der Waals surface area contributed by atoms with Gasteiger partial charge in [0.2, 0.25) is 17.6 Å². The monoisotopic (exact) mass is 495 g/mol. The lowest BCUT2D eigenvalue weighted by molar-refractivity contribution is -0.113. The van der Waals surface area contributed by atoms with E-state index in [9.17, 15) is 4.79 Å². The molecule has 3 aromatic carbocycles. The van der Waals surface area contributed by atoms with Crippen LogP contribution in [0, 0.1) is 0 Å². The molecule has 0 saturated heterocycles. The van der Waals surface area contributed by atoms with Crippen molar-refractivity contribution in [3.63, 3.8) is 0 Å². The predicted octanol–water partition coefficient (Wildman–Crippen LogP) is 6.25. The molecule has 3 aromatic heterocycles. The summed E-state index contributed by atoms with van der Waals surface area (Å²) in [4.78, 5) is 17.3. The highest BCUT2D eigenvalue weighted by atomic mass is 32.2. The normalized spacial score (nSPS) is 11.4. The Balaban J connectivity index is 1.15. The van der Waals surface area contributed by atoms with Gasteiger partial charge >= 0.3 is 0 Å². The van der Waals surface area contributed by atoms with Crippen LogP contribution < -0.4 is 5.32 Å². The number of hydrogen-bond donors (Lipinski definition) is 1. The smallest absolute Gasteiger partial charge is 0.234 e. The van der Waals surface area contributed by atoms with Gasteiger partial charge in [0.25, 0.3) is 0 Å². The number of rotatable bonds is 7. The number of amides is 1. The molecule has 1 N–H and O–H groups in total. The van der Waals surface area contributed by atoms with Gasteiger partial charge in [0.05, 0.1) is 5.75 Å². The first-order chi connectivity index (χ1) is 17.7. The molecule has 0 saturated carbocycles. The van der Waals surface area contributed by atoms with Crippen molar-refractivity contribution in [2.75, 3.05) is 11.1 Å². The van der Waals surface area contributed by atoms with Crippen LogP contribution in [0.5, 0.6) is 0 Å². The molecule has 178 valence electrons. The maximum atomic E-state index is 12.7. The van der Waals surface area contributed by atoms with Crippen molar-refractivity contribution in [2.45, 2.75) is 18.6 Å². The van der Waals surface area contributed by atoms with Crippen molar-refractivity contribution in [1.82, 2.24) is 19.7 Å². The van der Waals surface area contributed by atoms with Crippen molar-refractivity contribution >= 4 is 45.4 Å². The van der Waals surface area contributed by atoms with Gasteiger partial charge in [-0.2, -0.15) is 0 Å². The summed E-state index contributed by atoms with van der Waals surface area (Å²) in [5, 5.41) is 13.2. The van der Waals surface area contributed by atoms with E-state index in [1.165, 1.54) is 11.8 Å². The number of nitrogens with zero attached hydrogens (tertiary/aromatic N) is 4. The first-order valence-electron chi connectivity index (χ1n) is 11.5. The molecule has 0 aliphatic heterocycles. The Morgan fingerprint density at radius 2 is 1.78 bits per heavy atom. The number of furan rings is 1. The molecule has 36 heavy (non-hydrogen) atoms. The van der Waals surface area contributed by atoms with E-state index in [0.29, 0.717) is 34.9 Å². The van der Waals surface area contributed by atoms with Crippen LogP contribution in [0.25, 0.3) is 45.1 Å². The van der Waals surface area contributed by atoms with Gasteiger partial charge in [0.1, 0.15) is 11.1 Å². The minimum absolute atomic E-state index is 0.148. The minimum Gasteiger partial charge on any atom is -0.453 e. The SMILES string of the molecule is CCn1c(SCC(=O)Nc2cccc(-c3nc4ccccc4o3)c2)nnc1-c1cc2ccccc2o1. The summed E-state index contributed by atoms with van der Waals surface area (Å²) >= 11 is 1.33. The molecule has 0 aliphatic rings. The van der Waals surface area contributed by atoms with Crippen molar-refractivity contribution < 1.29 is 13.6 Å². The number of nitrogens with one attached hydrogen (secondary N) is 1. The molecule has 0 bridgehead atoms. The van der Waals surface area contributed by atoms with Crippen LogP contribution in [0.3, 0.4) is 0 Å². The zero-order valence-electron chi connectivity index (χ0n) is 19.3. The third kappa shape index (κ3) is 4.25. The topological polar surface area (TPSA) is 99.0 Å².